The first-order chi connectivity index (χ1) is 8.04. The van der Waals surface area contributed by atoms with Crippen molar-refractivity contribution in [3.63, 3.8) is 0 Å². The molecule has 1 amide bonds. The Kier molecular flexibility index (Phi) is 4.99. The van der Waals surface area contributed by atoms with Crippen molar-refractivity contribution in [1.29, 1.82) is 0 Å². The SMILES string of the molecule is COCCC(N)C(=O)Nc1ccc(F)cc1F. The van der Waals surface area contributed by atoms with Gasteiger partial charge in [-0.25, -0.2) is 8.78 Å². The van der Waals surface area contributed by atoms with Gasteiger partial charge in [0.25, 0.3) is 0 Å². The van der Waals surface area contributed by atoms with E-state index in [2.05, 4.69) is 5.32 Å². The third-order valence-electron chi connectivity index (χ3n) is 2.16. The molecule has 0 bridgehead atoms. The molecule has 0 aliphatic carbocycles. The van der Waals surface area contributed by atoms with Gasteiger partial charge in [-0.2, -0.15) is 0 Å². The van der Waals surface area contributed by atoms with E-state index in [-0.39, 0.29) is 5.69 Å². The monoisotopic (exact) mass is 244 g/mol. The van der Waals surface area contributed by atoms with E-state index >= 15 is 0 Å². The maximum atomic E-state index is 13.2. The van der Waals surface area contributed by atoms with Gasteiger partial charge in [0.2, 0.25) is 5.91 Å². The van der Waals surface area contributed by atoms with Crippen LogP contribution in [0, 0.1) is 11.6 Å². The van der Waals surface area contributed by atoms with Gasteiger partial charge in [0.15, 0.2) is 0 Å². The van der Waals surface area contributed by atoms with Crippen molar-refractivity contribution in [2.24, 2.45) is 5.73 Å². The Bertz CT molecular complexity index is 399. The summed E-state index contributed by atoms with van der Waals surface area (Å²) >= 11 is 0. The summed E-state index contributed by atoms with van der Waals surface area (Å²) in [5.41, 5.74) is 5.45. The summed E-state index contributed by atoms with van der Waals surface area (Å²) in [6.45, 7) is 0.334. The van der Waals surface area contributed by atoms with Gasteiger partial charge in [0.05, 0.1) is 11.7 Å². The fraction of sp³-hybridized carbons (Fsp3) is 0.364. The van der Waals surface area contributed by atoms with E-state index in [9.17, 15) is 13.6 Å². The Hall–Kier alpha value is -1.53. The first-order valence-corrected chi connectivity index (χ1v) is 5.05. The maximum absolute atomic E-state index is 13.2. The van der Waals surface area contributed by atoms with E-state index in [4.69, 9.17) is 10.5 Å². The third-order valence-corrected chi connectivity index (χ3v) is 2.16. The largest absolute Gasteiger partial charge is 0.385 e. The molecule has 1 aromatic rings. The summed E-state index contributed by atoms with van der Waals surface area (Å²) in [5.74, 6) is -2.07. The van der Waals surface area contributed by atoms with Crippen molar-refractivity contribution in [1.82, 2.24) is 0 Å². The molecule has 0 fully saturated rings. The Labute approximate surface area is 97.8 Å². The van der Waals surface area contributed by atoms with Crippen molar-refractivity contribution in [3.05, 3.63) is 29.8 Å². The van der Waals surface area contributed by atoms with Gasteiger partial charge in [-0.1, -0.05) is 0 Å². The lowest BCUT2D eigenvalue weighted by molar-refractivity contribution is -0.117. The second kappa shape index (κ2) is 6.27. The Morgan fingerprint density at radius 3 is 2.82 bits per heavy atom. The molecule has 94 valence electrons. The van der Waals surface area contributed by atoms with Gasteiger partial charge in [0, 0.05) is 19.8 Å². The Morgan fingerprint density at radius 2 is 2.24 bits per heavy atom. The highest BCUT2D eigenvalue weighted by molar-refractivity contribution is 5.94. The Morgan fingerprint density at radius 1 is 1.53 bits per heavy atom. The van der Waals surface area contributed by atoms with Crippen molar-refractivity contribution in [3.8, 4) is 0 Å². The molecule has 0 aliphatic rings. The first kappa shape index (κ1) is 13.5. The molecule has 4 nitrogen and oxygen atoms in total. The minimum absolute atomic E-state index is 0.0933. The minimum Gasteiger partial charge on any atom is -0.385 e. The van der Waals surface area contributed by atoms with E-state index in [1.54, 1.807) is 0 Å². The molecular weight excluding hydrogens is 230 g/mol. The highest BCUT2D eigenvalue weighted by Crippen LogP contribution is 2.15. The molecule has 6 heteroatoms. The van der Waals surface area contributed by atoms with E-state index in [1.165, 1.54) is 7.11 Å². The first-order valence-electron chi connectivity index (χ1n) is 5.05. The Balaban J connectivity index is 2.61. The smallest absolute Gasteiger partial charge is 0.241 e. The average molecular weight is 244 g/mol. The average Bonchev–Trinajstić information content (AvgIpc) is 2.29. The number of carbonyl (C=O) groups excluding carboxylic acids is 1. The number of benzene rings is 1. The normalized spacial score (nSPS) is 12.2. The molecule has 1 atom stereocenters. The van der Waals surface area contributed by atoms with Crippen molar-refractivity contribution in [2.75, 3.05) is 19.0 Å². The second-order valence-electron chi connectivity index (χ2n) is 3.50. The van der Waals surface area contributed by atoms with Gasteiger partial charge in [-0.15, -0.1) is 0 Å². The summed E-state index contributed by atoms with van der Waals surface area (Å²) in [4.78, 5) is 11.5. The molecule has 0 spiro atoms. The van der Waals surface area contributed by atoms with Crippen LogP contribution in [0.1, 0.15) is 6.42 Å². The quantitative estimate of drug-likeness (QED) is 0.819. The lowest BCUT2D eigenvalue weighted by Gasteiger charge is -2.12. The van der Waals surface area contributed by atoms with Gasteiger partial charge in [0.1, 0.15) is 11.6 Å². The van der Waals surface area contributed by atoms with Gasteiger partial charge < -0.3 is 15.8 Å². The van der Waals surface area contributed by atoms with E-state index < -0.39 is 23.6 Å². The zero-order valence-electron chi connectivity index (χ0n) is 9.37. The topological polar surface area (TPSA) is 64.3 Å². The molecule has 0 radical (unpaired) electrons. The van der Waals surface area contributed by atoms with Crippen LogP contribution >= 0.6 is 0 Å². The molecule has 17 heavy (non-hydrogen) atoms. The number of methoxy groups -OCH3 is 1. The highest BCUT2D eigenvalue weighted by atomic mass is 19.1. The molecule has 0 aromatic heterocycles. The lowest BCUT2D eigenvalue weighted by atomic mass is 10.2. The predicted molar refractivity (Wildman–Crippen MR) is 59.5 cm³/mol. The number of rotatable bonds is 5. The summed E-state index contributed by atoms with van der Waals surface area (Å²) in [6, 6.07) is 2.10. The molecule has 0 saturated carbocycles. The number of hydrogen-bond acceptors (Lipinski definition) is 3. The minimum atomic E-state index is -0.836. The number of carbonyl (C=O) groups is 1. The number of nitrogens with two attached hydrogens (primary N) is 1. The van der Waals surface area contributed by atoms with Crippen LogP contribution in [0.5, 0.6) is 0 Å². The number of anilines is 1. The number of hydrogen-bond donors (Lipinski definition) is 2. The van der Waals surface area contributed by atoms with Gasteiger partial charge in [-0.3, -0.25) is 4.79 Å². The van der Waals surface area contributed by atoms with Crippen LogP contribution in [-0.2, 0) is 9.53 Å². The molecule has 1 unspecified atom stereocenters. The molecule has 1 aromatic carbocycles. The van der Waals surface area contributed by atoms with Gasteiger partial charge >= 0.3 is 0 Å². The van der Waals surface area contributed by atoms with Crippen LogP contribution in [0.4, 0.5) is 14.5 Å². The summed E-state index contributed by atoms with van der Waals surface area (Å²) < 4.78 is 30.6. The standard InChI is InChI=1S/C11H14F2N2O2/c1-17-5-4-9(14)11(16)15-10-3-2-7(12)6-8(10)13/h2-3,6,9H,4-5,14H2,1H3,(H,15,16). The van der Waals surface area contributed by atoms with E-state index in [0.29, 0.717) is 19.1 Å². The lowest BCUT2D eigenvalue weighted by Crippen LogP contribution is -2.36. The van der Waals surface area contributed by atoms with Crippen molar-refractivity contribution >= 4 is 11.6 Å². The molecule has 1 rings (SSSR count). The predicted octanol–water partition coefficient (Wildman–Crippen LogP) is 1.27. The van der Waals surface area contributed by atoms with Crippen LogP contribution in [0.15, 0.2) is 18.2 Å². The van der Waals surface area contributed by atoms with Gasteiger partial charge in [-0.05, 0) is 18.6 Å². The number of halogens is 2. The number of ether oxygens (including phenoxy) is 1. The molecule has 0 heterocycles. The molecular formula is C11H14F2N2O2. The van der Waals surface area contributed by atoms with Crippen LogP contribution in [0.3, 0.4) is 0 Å². The fourth-order valence-electron chi connectivity index (χ4n) is 1.19. The van der Waals surface area contributed by atoms with Crippen LogP contribution in [0.25, 0.3) is 0 Å². The van der Waals surface area contributed by atoms with Crippen molar-refractivity contribution in [2.45, 2.75) is 12.5 Å². The molecule has 3 N–H and O–H groups in total. The summed E-state index contributed by atoms with van der Waals surface area (Å²) in [5, 5.41) is 2.28. The summed E-state index contributed by atoms with van der Waals surface area (Å²) in [6.07, 6.45) is 0.325. The second-order valence-corrected chi connectivity index (χ2v) is 3.50. The van der Waals surface area contributed by atoms with Crippen LogP contribution in [0.2, 0.25) is 0 Å². The van der Waals surface area contributed by atoms with Crippen molar-refractivity contribution < 1.29 is 18.3 Å². The molecule has 0 aliphatic heterocycles. The zero-order chi connectivity index (χ0) is 12.8. The van der Waals surface area contributed by atoms with Crippen LogP contribution < -0.4 is 11.1 Å². The van der Waals surface area contributed by atoms with E-state index in [1.807, 2.05) is 0 Å². The highest BCUT2D eigenvalue weighted by Gasteiger charge is 2.15. The fourth-order valence-corrected chi connectivity index (χ4v) is 1.19. The van der Waals surface area contributed by atoms with E-state index in [0.717, 1.165) is 12.1 Å². The number of nitrogens with one attached hydrogen (secondary N) is 1. The number of amides is 1. The van der Waals surface area contributed by atoms with Crippen LogP contribution in [-0.4, -0.2) is 25.7 Å². The maximum Gasteiger partial charge on any atom is 0.241 e. The zero-order valence-corrected chi connectivity index (χ0v) is 9.37. The molecule has 0 saturated heterocycles. The third kappa shape index (κ3) is 4.08. The summed E-state index contributed by atoms with van der Waals surface area (Å²) in [7, 11) is 1.49.